The Morgan fingerprint density at radius 1 is 1.12 bits per heavy atom. The molecule has 0 aromatic heterocycles. The van der Waals surface area contributed by atoms with E-state index in [1.807, 2.05) is 63.5 Å². The first-order valence-corrected chi connectivity index (χ1v) is 9.04. The SMILES string of the molecule is CC(=Cc1ccccc1)C(O)(Cc1ccc(Cl)cc1)C(C)CN(C)C. The number of aliphatic hydroxyl groups is 1. The van der Waals surface area contributed by atoms with Gasteiger partial charge in [0.05, 0.1) is 5.60 Å². The summed E-state index contributed by atoms with van der Waals surface area (Å²) in [5, 5.41) is 12.4. The summed E-state index contributed by atoms with van der Waals surface area (Å²) in [5.41, 5.74) is 2.24. The molecule has 0 saturated carbocycles. The lowest BCUT2D eigenvalue weighted by molar-refractivity contribution is 0.0150. The fraction of sp³-hybridized carbons (Fsp3) is 0.364. The minimum absolute atomic E-state index is 0.0816. The van der Waals surface area contributed by atoms with Gasteiger partial charge in [-0.1, -0.05) is 67.1 Å². The molecule has 0 aliphatic rings. The van der Waals surface area contributed by atoms with E-state index in [9.17, 15) is 5.11 Å². The maximum absolute atomic E-state index is 11.7. The molecule has 3 heteroatoms. The predicted molar refractivity (Wildman–Crippen MR) is 108 cm³/mol. The summed E-state index contributed by atoms with van der Waals surface area (Å²) < 4.78 is 0. The zero-order chi connectivity index (χ0) is 18.4. The first-order chi connectivity index (χ1) is 11.8. The van der Waals surface area contributed by atoms with Crippen LogP contribution in [0.25, 0.3) is 6.08 Å². The monoisotopic (exact) mass is 357 g/mol. The summed E-state index contributed by atoms with van der Waals surface area (Å²) in [6.07, 6.45) is 2.65. The number of hydrogen-bond donors (Lipinski definition) is 1. The maximum atomic E-state index is 11.7. The smallest absolute Gasteiger partial charge is 0.0935 e. The summed E-state index contributed by atoms with van der Waals surface area (Å²) in [5.74, 6) is 0.0816. The molecule has 0 aliphatic carbocycles. The van der Waals surface area contributed by atoms with Crippen LogP contribution in [-0.4, -0.2) is 36.2 Å². The van der Waals surface area contributed by atoms with Crippen molar-refractivity contribution in [1.82, 2.24) is 4.90 Å². The van der Waals surface area contributed by atoms with E-state index >= 15 is 0 Å². The van der Waals surface area contributed by atoms with E-state index in [2.05, 4.69) is 30.0 Å². The second kappa shape index (κ2) is 8.66. The molecule has 2 unspecified atom stereocenters. The maximum Gasteiger partial charge on any atom is 0.0935 e. The Morgan fingerprint density at radius 3 is 2.28 bits per heavy atom. The summed E-state index contributed by atoms with van der Waals surface area (Å²) in [7, 11) is 4.07. The van der Waals surface area contributed by atoms with Crippen LogP contribution in [0.2, 0.25) is 5.02 Å². The van der Waals surface area contributed by atoms with Crippen molar-refractivity contribution in [2.24, 2.45) is 5.92 Å². The number of nitrogens with zero attached hydrogens (tertiary/aromatic N) is 1. The van der Waals surface area contributed by atoms with Gasteiger partial charge in [-0.2, -0.15) is 0 Å². The van der Waals surface area contributed by atoms with E-state index < -0.39 is 5.60 Å². The molecule has 2 nitrogen and oxygen atoms in total. The van der Waals surface area contributed by atoms with Gasteiger partial charge in [0.1, 0.15) is 0 Å². The predicted octanol–water partition coefficient (Wildman–Crippen LogP) is 4.91. The second-order valence-corrected chi connectivity index (χ2v) is 7.57. The standard InChI is InChI=1S/C22H28ClNO/c1-17(14-19-8-6-5-7-9-19)22(25,18(2)16-24(3)4)15-20-10-12-21(23)13-11-20/h5-14,18,25H,15-16H2,1-4H3. The third-order valence-corrected chi connectivity index (χ3v) is 4.96. The molecule has 0 fully saturated rings. The van der Waals surface area contributed by atoms with Gasteiger partial charge < -0.3 is 10.0 Å². The van der Waals surface area contributed by atoms with Crippen molar-refractivity contribution in [3.05, 3.63) is 76.3 Å². The van der Waals surface area contributed by atoms with Crippen molar-refractivity contribution >= 4 is 17.7 Å². The molecular formula is C22H28ClNO. The fourth-order valence-corrected chi connectivity index (χ4v) is 3.36. The van der Waals surface area contributed by atoms with Crippen LogP contribution in [-0.2, 0) is 6.42 Å². The van der Waals surface area contributed by atoms with Gasteiger partial charge in [0.25, 0.3) is 0 Å². The van der Waals surface area contributed by atoms with Crippen LogP contribution in [0.15, 0.2) is 60.2 Å². The molecule has 0 heterocycles. The van der Waals surface area contributed by atoms with Crippen LogP contribution in [0.5, 0.6) is 0 Å². The van der Waals surface area contributed by atoms with E-state index in [-0.39, 0.29) is 5.92 Å². The number of hydrogen-bond acceptors (Lipinski definition) is 2. The summed E-state index contributed by atoms with van der Waals surface area (Å²) in [6.45, 7) is 4.94. The topological polar surface area (TPSA) is 23.5 Å². The highest BCUT2D eigenvalue weighted by molar-refractivity contribution is 6.30. The minimum Gasteiger partial charge on any atom is -0.385 e. The zero-order valence-corrected chi connectivity index (χ0v) is 16.3. The van der Waals surface area contributed by atoms with Crippen molar-refractivity contribution < 1.29 is 5.11 Å². The van der Waals surface area contributed by atoms with Crippen LogP contribution < -0.4 is 0 Å². The molecule has 0 radical (unpaired) electrons. The first kappa shape index (κ1) is 19.7. The van der Waals surface area contributed by atoms with E-state index in [0.29, 0.717) is 11.4 Å². The number of halogens is 1. The first-order valence-electron chi connectivity index (χ1n) is 8.66. The molecule has 0 amide bonds. The highest BCUT2D eigenvalue weighted by Crippen LogP contribution is 2.32. The van der Waals surface area contributed by atoms with Gasteiger partial charge in [-0.15, -0.1) is 0 Å². The molecule has 0 bridgehead atoms. The van der Waals surface area contributed by atoms with Gasteiger partial charge in [-0.3, -0.25) is 0 Å². The highest BCUT2D eigenvalue weighted by Gasteiger charge is 2.36. The Labute approximate surface area is 156 Å². The quantitative estimate of drug-likeness (QED) is 0.760. The van der Waals surface area contributed by atoms with Crippen LogP contribution in [0.1, 0.15) is 25.0 Å². The van der Waals surface area contributed by atoms with Crippen molar-refractivity contribution in [2.75, 3.05) is 20.6 Å². The summed E-state index contributed by atoms with van der Waals surface area (Å²) in [6, 6.07) is 17.9. The minimum atomic E-state index is -0.923. The molecule has 134 valence electrons. The zero-order valence-electron chi connectivity index (χ0n) is 15.5. The van der Waals surface area contributed by atoms with E-state index in [1.165, 1.54) is 0 Å². The lowest BCUT2D eigenvalue weighted by Gasteiger charge is -2.37. The Balaban J connectivity index is 2.36. The second-order valence-electron chi connectivity index (χ2n) is 7.13. The third kappa shape index (κ3) is 5.43. The van der Waals surface area contributed by atoms with Crippen molar-refractivity contribution in [3.63, 3.8) is 0 Å². The van der Waals surface area contributed by atoms with Crippen molar-refractivity contribution in [2.45, 2.75) is 25.9 Å². The molecule has 0 saturated heterocycles. The molecule has 1 N–H and O–H groups in total. The van der Waals surface area contributed by atoms with E-state index in [4.69, 9.17) is 11.6 Å². The average Bonchev–Trinajstić information content (AvgIpc) is 2.57. The van der Waals surface area contributed by atoms with Gasteiger partial charge >= 0.3 is 0 Å². The van der Waals surface area contributed by atoms with Gasteiger partial charge in [0, 0.05) is 23.9 Å². The van der Waals surface area contributed by atoms with Gasteiger partial charge in [0.15, 0.2) is 0 Å². The Morgan fingerprint density at radius 2 is 1.72 bits per heavy atom. The van der Waals surface area contributed by atoms with Gasteiger partial charge in [-0.05, 0) is 49.9 Å². The summed E-state index contributed by atoms with van der Waals surface area (Å²) in [4.78, 5) is 2.12. The molecular weight excluding hydrogens is 330 g/mol. The molecule has 2 aromatic rings. The van der Waals surface area contributed by atoms with Crippen LogP contribution in [0.4, 0.5) is 0 Å². The molecule has 2 rings (SSSR count). The van der Waals surface area contributed by atoms with E-state index in [0.717, 1.165) is 23.2 Å². The molecule has 2 atom stereocenters. The number of benzene rings is 2. The van der Waals surface area contributed by atoms with Gasteiger partial charge in [0.2, 0.25) is 0 Å². The van der Waals surface area contributed by atoms with Crippen LogP contribution in [0, 0.1) is 5.92 Å². The Kier molecular flexibility index (Phi) is 6.83. The third-order valence-electron chi connectivity index (χ3n) is 4.71. The van der Waals surface area contributed by atoms with E-state index in [1.54, 1.807) is 0 Å². The molecule has 0 spiro atoms. The highest BCUT2D eigenvalue weighted by atomic mass is 35.5. The van der Waals surface area contributed by atoms with Crippen molar-refractivity contribution in [3.8, 4) is 0 Å². The molecule has 2 aromatic carbocycles. The van der Waals surface area contributed by atoms with Crippen LogP contribution >= 0.6 is 11.6 Å². The lowest BCUT2D eigenvalue weighted by atomic mass is 9.77. The Bertz CT molecular complexity index is 694. The molecule has 0 aliphatic heterocycles. The number of rotatable bonds is 7. The van der Waals surface area contributed by atoms with Crippen molar-refractivity contribution in [1.29, 1.82) is 0 Å². The van der Waals surface area contributed by atoms with Crippen LogP contribution in [0.3, 0.4) is 0 Å². The normalized spacial score (nSPS) is 15.9. The Hall–Kier alpha value is -1.61. The largest absolute Gasteiger partial charge is 0.385 e. The summed E-state index contributed by atoms with van der Waals surface area (Å²) >= 11 is 6.00. The average molecular weight is 358 g/mol. The molecule has 25 heavy (non-hydrogen) atoms. The van der Waals surface area contributed by atoms with Gasteiger partial charge in [-0.25, -0.2) is 0 Å². The fourth-order valence-electron chi connectivity index (χ4n) is 3.24. The lowest BCUT2D eigenvalue weighted by Crippen LogP contribution is -2.44.